The number of aryl methyl sites for hydroxylation is 1. The highest BCUT2D eigenvalue weighted by Gasteiger charge is 2.36. The first-order valence-electron chi connectivity index (χ1n) is 6.29. The molecule has 1 atom stereocenters. The van der Waals surface area contributed by atoms with Crippen LogP contribution in [0.15, 0.2) is 4.52 Å². The molecule has 18 heavy (non-hydrogen) atoms. The van der Waals surface area contributed by atoms with E-state index in [0.717, 1.165) is 25.9 Å². The van der Waals surface area contributed by atoms with Crippen LogP contribution in [-0.2, 0) is 21.6 Å². The van der Waals surface area contributed by atoms with Gasteiger partial charge in [-0.1, -0.05) is 5.16 Å². The average Bonchev–Trinajstić information content (AvgIpc) is 2.94. The lowest BCUT2D eigenvalue weighted by Crippen LogP contribution is -2.21. The first-order chi connectivity index (χ1) is 8.60. The molecule has 1 saturated heterocycles. The first-order valence-corrected chi connectivity index (χ1v) is 6.29. The Kier molecular flexibility index (Phi) is 3.96. The lowest BCUT2D eigenvalue weighted by Gasteiger charge is -2.17. The molecular formula is C12H18N2O4. The maximum Gasteiger partial charge on any atom is 0.303 e. The van der Waals surface area contributed by atoms with Gasteiger partial charge in [0.2, 0.25) is 11.7 Å². The molecule has 0 saturated carbocycles. The van der Waals surface area contributed by atoms with Gasteiger partial charge in [0.1, 0.15) is 5.60 Å². The lowest BCUT2D eigenvalue weighted by atomic mass is 10.0. The van der Waals surface area contributed by atoms with E-state index in [1.807, 2.05) is 6.92 Å². The maximum atomic E-state index is 10.4. The van der Waals surface area contributed by atoms with Gasteiger partial charge in [-0.25, -0.2) is 0 Å². The van der Waals surface area contributed by atoms with Gasteiger partial charge >= 0.3 is 5.97 Å². The zero-order valence-corrected chi connectivity index (χ0v) is 10.5. The third-order valence-corrected chi connectivity index (χ3v) is 3.19. The molecule has 100 valence electrons. The largest absolute Gasteiger partial charge is 0.481 e. The molecule has 1 unspecified atom stereocenters. The number of carboxylic acid groups (broad SMARTS) is 1. The highest BCUT2D eigenvalue weighted by Crippen LogP contribution is 2.33. The molecule has 0 radical (unpaired) electrons. The van der Waals surface area contributed by atoms with Crippen LogP contribution in [0.5, 0.6) is 0 Å². The number of hydrogen-bond acceptors (Lipinski definition) is 5. The van der Waals surface area contributed by atoms with Gasteiger partial charge in [-0.15, -0.1) is 0 Å². The van der Waals surface area contributed by atoms with Gasteiger partial charge in [0.05, 0.1) is 0 Å². The maximum absolute atomic E-state index is 10.4. The molecule has 1 aromatic heterocycles. The lowest BCUT2D eigenvalue weighted by molar-refractivity contribution is -0.137. The Morgan fingerprint density at radius 1 is 1.50 bits per heavy atom. The van der Waals surface area contributed by atoms with Gasteiger partial charge < -0.3 is 14.4 Å². The predicted molar refractivity (Wildman–Crippen MR) is 62.0 cm³/mol. The van der Waals surface area contributed by atoms with Crippen LogP contribution in [0.25, 0.3) is 0 Å². The highest BCUT2D eigenvalue weighted by molar-refractivity contribution is 5.66. The summed E-state index contributed by atoms with van der Waals surface area (Å²) >= 11 is 0. The Morgan fingerprint density at radius 3 is 3.00 bits per heavy atom. The molecule has 6 nitrogen and oxygen atoms in total. The van der Waals surface area contributed by atoms with E-state index < -0.39 is 11.6 Å². The van der Waals surface area contributed by atoms with Crippen molar-refractivity contribution in [1.29, 1.82) is 0 Å². The number of carboxylic acids is 1. The quantitative estimate of drug-likeness (QED) is 0.780. The number of aromatic nitrogens is 2. The van der Waals surface area contributed by atoms with Crippen molar-refractivity contribution in [3.05, 3.63) is 11.7 Å². The minimum atomic E-state index is -0.770. The van der Waals surface area contributed by atoms with Crippen molar-refractivity contribution in [3.8, 4) is 0 Å². The second-order valence-electron chi connectivity index (χ2n) is 4.80. The minimum absolute atomic E-state index is 0.182. The Morgan fingerprint density at radius 2 is 2.33 bits per heavy atom. The molecule has 0 aliphatic carbocycles. The molecule has 1 N–H and O–H groups in total. The summed E-state index contributed by atoms with van der Waals surface area (Å²) in [4.78, 5) is 14.7. The Balaban J connectivity index is 1.84. The molecule has 2 rings (SSSR count). The van der Waals surface area contributed by atoms with Crippen molar-refractivity contribution in [3.63, 3.8) is 0 Å². The highest BCUT2D eigenvalue weighted by atomic mass is 16.5. The van der Waals surface area contributed by atoms with Crippen LogP contribution < -0.4 is 0 Å². The topological polar surface area (TPSA) is 85.5 Å². The zero-order chi connectivity index (χ0) is 13.0. The fraction of sp³-hybridized carbons (Fsp3) is 0.750. The summed E-state index contributed by atoms with van der Waals surface area (Å²) in [6.45, 7) is 2.71. The van der Waals surface area contributed by atoms with E-state index in [1.165, 1.54) is 0 Å². The van der Waals surface area contributed by atoms with Gasteiger partial charge in [-0.2, -0.15) is 4.98 Å². The van der Waals surface area contributed by atoms with E-state index in [1.54, 1.807) is 0 Å². The number of carbonyl (C=O) groups is 1. The van der Waals surface area contributed by atoms with Crippen LogP contribution in [0.2, 0.25) is 0 Å². The zero-order valence-electron chi connectivity index (χ0n) is 10.5. The third kappa shape index (κ3) is 3.07. The van der Waals surface area contributed by atoms with E-state index in [4.69, 9.17) is 14.4 Å². The van der Waals surface area contributed by atoms with E-state index in [2.05, 4.69) is 10.1 Å². The average molecular weight is 254 g/mol. The molecule has 0 aromatic carbocycles. The fourth-order valence-electron chi connectivity index (χ4n) is 2.08. The van der Waals surface area contributed by atoms with Crippen molar-refractivity contribution in [2.45, 2.75) is 51.0 Å². The van der Waals surface area contributed by atoms with E-state index >= 15 is 0 Å². The van der Waals surface area contributed by atoms with Crippen molar-refractivity contribution >= 4 is 5.97 Å². The summed E-state index contributed by atoms with van der Waals surface area (Å²) in [6.07, 6.45) is 4.09. The van der Waals surface area contributed by atoms with E-state index in [9.17, 15) is 4.79 Å². The molecule has 1 fully saturated rings. The second kappa shape index (κ2) is 5.48. The van der Waals surface area contributed by atoms with Crippen LogP contribution in [0, 0.1) is 0 Å². The molecule has 1 aliphatic heterocycles. The number of unbranched alkanes of at least 4 members (excludes halogenated alkanes) is 1. The van der Waals surface area contributed by atoms with Crippen LogP contribution in [0.4, 0.5) is 0 Å². The van der Waals surface area contributed by atoms with E-state index in [-0.39, 0.29) is 6.42 Å². The number of hydrogen-bond donors (Lipinski definition) is 1. The number of ether oxygens (including phenoxy) is 1. The summed E-state index contributed by atoms with van der Waals surface area (Å²) in [7, 11) is 0. The fourth-order valence-corrected chi connectivity index (χ4v) is 2.08. The Labute approximate surface area is 105 Å². The van der Waals surface area contributed by atoms with Gasteiger partial charge in [0, 0.05) is 19.4 Å². The SMILES string of the molecule is CC1(c2noc(CCCCC(=O)O)n2)CCCO1. The number of aliphatic carboxylic acids is 1. The van der Waals surface area contributed by atoms with E-state index in [0.29, 0.717) is 24.6 Å². The number of nitrogens with zero attached hydrogens (tertiary/aromatic N) is 2. The van der Waals surface area contributed by atoms with Gasteiger partial charge in [-0.3, -0.25) is 4.79 Å². The molecule has 0 bridgehead atoms. The second-order valence-corrected chi connectivity index (χ2v) is 4.80. The van der Waals surface area contributed by atoms with Gasteiger partial charge in [-0.05, 0) is 32.6 Å². The smallest absolute Gasteiger partial charge is 0.303 e. The summed E-state index contributed by atoms with van der Waals surface area (Å²) in [5, 5.41) is 12.5. The third-order valence-electron chi connectivity index (χ3n) is 3.19. The molecule has 0 amide bonds. The molecule has 0 spiro atoms. The molecular weight excluding hydrogens is 236 g/mol. The van der Waals surface area contributed by atoms with Crippen LogP contribution in [0.3, 0.4) is 0 Å². The van der Waals surface area contributed by atoms with Crippen LogP contribution in [0.1, 0.15) is 50.7 Å². The number of rotatable bonds is 6. The molecule has 1 aliphatic rings. The van der Waals surface area contributed by atoms with Crippen LogP contribution >= 0.6 is 0 Å². The monoisotopic (exact) mass is 254 g/mol. The molecule has 6 heteroatoms. The normalized spacial score (nSPS) is 23.4. The van der Waals surface area contributed by atoms with Crippen molar-refractivity contribution in [1.82, 2.24) is 10.1 Å². The van der Waals surface area contributed by atoms with Crippen LogP contribution in [-0.4, -0.2) is 27.8 Å². The molecule has 2 heterocycles. The van der Waals surface area contributed by atoms with Crippen molar-refractivity contribution in [2.24, 2.45) is 0 Å². The van der Waals surface area contributed by atoms with Gasteiger partial charge in [0.25, 0.3) is 0 Å². The van der Waals surface area contributed by atoms with Crippen molar-refractivity contribution < 1.29 is 19.2 Å². The summed E-state index contributed by atoms with van der Waals surface area (Å²) in [5.74, 6) is 0.397. The summed E-state index contributed by atoms with van der Waals surface area (Å²) in [6, 6.07) is 0. The Hall–Kier alpha value is -1.43. The summed E-state index contributed by atoms with van der Waals surface area (Å²) in [5.41, 5.74) is -0.414. The Bertz CT molecular complexity index is 410. The van der Waals surface area contributed by atoms with Crippen molar-refractivity contribution in [2.75, 3.05) is 6.61 Å². The van der Waals surface area contributed by atoms with Gasteiger partial charge in [0.15, 0.2) is 0 Å². The first kappa shape index (κ1) is 13.0. The summed E-state index contributed by atoms with van der Waals surface area (Å²) < 4.78 is 10.8. The minimum Gasteiger partial charge on any atom is -0.481 e. The predicted octanol–water partition coefficient (Wildman–Crippen LogP) is 1.89. The standard InChI is InChI=1S/C12H18N2O4/c1-12(7-4-8-17-12)11-13-9(18-14-11)5-2-3-6-10(15)16/h2-8H2,1H3,(H,15,16). The molecule has 1 aromatic rings.